The van der Waals surface area contributed by atoms with E-state index in [-0.39, 0.29) is 41.7 Å². The number of benzene rings is 5. The van der Waals surface area contributed by atoms with Crippen molar-refractivity contribution in [2.24, 2.45) is 5.92 Å². The number of fused-ring (bicyclic) bond motifs is 3. The minimum atomic E-state index is -0.974. The van der Waals surface area contributed by atoms with E-state index in [1.54, 1.807) is 47.0 Å². The van der Waals surface area contributed by atoms with Crippen molar-refractivity contribution in [3.8, 4) is 39.3 Å². The average molecular weight is 1110 g/mol. The molecular weight excluding hydrogens is 1040 g/mol. The van der Waals surface area contributed by atoms with Gasteiger partial charge < -0.3 is 51.3 Å². The zero-order valence-electron chi connectivity index (χ0n) is 45.2. The number of piperazine rings is 1. The van der Waals surface area contributed by atoms with Gasteiger partial charge in [0.2, 0.25) is 11.8 Å². The number of rotatable bonds is 18. The van der Waals surface area contributed by atoms with E-state index in [9.17, 15) is 23.8 Å². The smallest absolute Gasteiger partial charge is 0.248 e. The van der Waals surface area contributed by atoms with Gasteiger partial charge in [0.15, 0.2) is 23.2 Å². The van der Waals surface area contributed by atoms with Crippen LogP contribution in [0, 0.1) is 35.7 Å². The van der Waals surface area contributed by atoms with Crippen LogP contribution in [0.5, 0.6) is 5.75 Å². The molecule has 0 spiro atoms. The molecule has 5 aliphatic rings. The summed E-state index contributed by atoms with van der Waals surface area (Å²) in [6.07, 6.45) is 7.34. The summed E-state index contributed by atoms with van der Waals surface area (Å²) >= 11 is 0. The molecule has 5 aromatic carbocycles. The van der Waals surface area contributed by atoms with Gasteiger partial charge in [0.05, 0.1) is 31.1 Å². The lowest BCUT2D eigenvalue weighted by atomic mass is 9.87. The number of aliphatic hydroxyl groups is 2. The van der Waals surface area contributed by atoms with Crippen molar-refractivity contribution in [1.29, 1.82) is 5.41 Å². The molecule has 1 saturated carbocycles. The zero-order chi connectivity index (χ0) is 56.2. The van der Waals surface area contributed by atoms with E-state index in [0.717, 1.165) is 66.3 Å². The van der Waals surface area contributed by atoms with Gasteiger partial charge in [-0.1, -0.05) is 72.8 Å². The molecule has 2 amide bonds. The first kappa shape index (κ1) is 54.0. The van der Waals surface area contributed by atoms with Crippen molar-refractivity contribution < 1.29 is 42.4 Å². The number of aromatic nitrogens is 5. The molecular formula is C61H66F3N11O6. The molecule has 17 nitrogen and oxygen atoms in total. The van der Waals surface area contributed by atoms with Gasteiger partial charge in [-0.2, -0.15) is 5.10 Å². The number of carbonyl (C=O) groups is 2. The molecule has 12 rings (SSSR count). The van der Waals surface area contributed by atoms with Gasteiger partial charge in [-0.15, -0.1) is 5.10 Å². The molecule has 8 atom stereocenters. The van der Waals surface area contributed by atoms with Crippen LogP contribution in [0.3, 0.4) is 0 Å². The van der Waals surface area contributed by atoms with E-state index in [2.05, 4.69) is 37.0 Å². The molecule has 3 unspecified atom stereocenters. The Kier molecular flexibility index (Phi) is 14.9. The fourth-order valence-corrected chi connectivity index (χ4v) is 12.8. The number of nitrogens with one attached hydrogen (secondary N) is 4. The summed E-state index contributed by atoms with van der Waals surface area (Å²) in [6.45, 7) is 5.73. The lowest BCUT2D eigenvalue weighted by molar-refractivity contribution is -0.143. The van der Waals surface area contributed by atoms with Crippen molar-refractivity contribution in [3.05, 3.63) is 130 Å². The number of amides is 2. The Morgan fingerprint density at radius 1 is 1.00 bits per heavy atom. The van der Waals surface area contributed by atoms with Crippen molar-refractivity contribution >= 4 is 40.4 Å². The summed E-state index contributed by atoms with van der Waals surface area (Å²) in [6, 6.07) is 19.6. The zero-order valence-corrected chi connectivity index (χ0v) is 45.2. The van der Waals surface area contributed by atoms with Crippen molar-refractivity contribution in [2.45, 2.75) is 120 Å². The van der Waals surface area contributed by atoms with Gasteiger partial charge in [-0.25, -0.2) is 17.9 Å². The van der Waals surface area contributed by atoms with E-state index in [4.69, 9.17) is 25.7 Å². The number of nitrogens with two attached hydrogens (primary N) is 1. The highest BCUT2D eigenvalue weighted by Crippen LogP contribution is 2.53. The summed E-state index contributed by atoms with van der Waals surface area (Å²) in [5.41, 5.74) is 13.4. The number of H-pyrrole nitrogens is 1. The molecule has 6 heterocycles. The molecule has 5 fully saturated rings. The number of aromatic amines is 1. The lowest BCUT2D eigenvalue weighted by Crippen LogP contribution is -2.50. The van der Waals surface area contributed by atoms with Crippen LogP contribution in [-0.4, -0.2) is 122 Å². The number of carbonyl (C=O) groups excluding carboxylic acids is 2. The third kappa shape index (κ3) is 10.4. The second kappa shape index (κ2) is 22.4. The van der Waals surface area contributed by atoms with Crippen LogP contribution in [0.15, 0.2) is 85.1 Å². The van der Waals surface area contributed by atoms with E-state index < -0.39 is 54.2 Å². The van der Waals surface area contributed by atoms with E-state index in [1.807, 2.05) is 31.2 Å². The summed E-state index contributed by atoms with van der Waals surface area (Å²) in [5.74, 6) is -2.01. The Balaban J connectivity index is 0.805. The van der Waals surface area contributed by atoms with Crippen molar-refractivity contribution in [1.82, 2.24) is 40.7 Å². The molecule has 4 aliphatic heterocycles. The fraction of sp³-hybridized carbons (Fsp3) is 0.410. The Morgan fingerprint density at radius 3 is 2.51 bits per heavy atom. The van der Waals surface area contributed by atoms with Gasteiger partial charge in [-0.05, 0) is 116 Å². The normalized spacial score (nSPS) is 21.8. The topological polar surface area (TPSA) is 233 Å². The number of ether oxygens (including phenoxy) is 2. The standard InChI is InChI=1S/C61H66F3N11O6/c1-32(21-42-23-41(77)18-20-80-42)57(61(79)73-19-4-7-52(73)60(78)68-51(30-76)38-16-14-35(15-17-38)43-5-3-6-47(62)55(43)64)75-29-50(69-72-75)37-10-8-34(9-11-37)31-81-58-54(53-33(2)48(63)25-49(66)46(53)26-65)44(36-12-13-36)24-45-56(58)70-71-59(45)74-28-39-22-40(74)27-67-39/h3,5-6,8-11,14-17,24-26,29,32,36,39-42,51-52,57,65,67,76-77H,4,7,12-13,18-23,27-28,30-31,66H2,1-2H3,(H,68,78)(H,70,71)/t32?,39-,40-,41?,42?,51-,52-,57-/m0/s1. The molecule has 1 aliphatic carbocycles. The number of nitrogens with zero attached hydrogens (tertiary/aromatic N) is 6. The second-order valence-electron chi connectivity index (χ2n) is 22.6. The maximum atomic E-state index is 15.8. The van der Waals surface area contributed by atoms with Crippen LogP contribution in [0.2, 0.25) is 0 Å². The Labute approximate surface area is 466 Å². The Bertz CT molecular complexity index is 3520. The predicted molar refractivity (Wildman–Crippen MR) is 300 cm³/mol. The molecule has 2 aromatic heterocycles. The molecule has 7 aromatic rings. The Morgan fingerprint density at radius 2 is 1.79 bits per heavy atom. The molecule has 20 heteroatoms. The minimum absolute atomic E-state index is 0.0823. The third-order valence-corrected chi connectivity index (χ3v) is 17.3. The maximum absolute atomic E-state index is 15.8. The van der Waals surface area contributed by atoms with Crippen molar-refractivity contribution in [3.63, 3.8) is 0 Å². The fourth-order valence-electron chi connectivity index (χ4n) is 12.8. The summed E-state index contributed by atoms with van der Waals surface area (Å²) in [5, 5.41) is 54.3. The summed E-state index contributed by atoms with van der Waals surface area (Å²) in [7, 11) is 0. The van der Waals surface area contributed by atoms with Gasteiger partial charge in [-0.3, -0.25) is 14.7 Å². The van der Waals surface area contributed by atoms with Crippen molar-refractivity contribution in [2.75, 3.05) is 43.5 Å². The van der Waals surface area contributed by atoms with Gasteiger partial charge in [0.1, 0.15) is 35.7 Å². The average Bonchev–Trinajstić information content (AvgIpc) is 3.78. The first-order chi connectivity index (χ1) is 39.3. The second-order valence-corrected chi connectivity index (χ2v) is 22.6. The van der Waals surface area contributed by atoms with Crippen LogP contribution in [0.1, 0.15) is 104 Å². The highest BCUT2D eigenvalue weighted by Gasteiger charge is 2.43. The maximum Gasteiger partial charge on any atom is 0.248 e. The SMILES string of the molecule is Cc1c(F)cc(N)c(C=N)c1-c1c(C2CC2)cc2c(N3C[C@@H]4C[C@H]3CN4)n[nH]c2c1OCc1ccc(-c2cn([C@H](C(=O)N3CCC[C@H]3C(=O)N[C@@H](CO)c3ccc(-c4cccc(F)c4F)cc3)C(C)CC3CC(O)CCO3)nn2)cc1. The monoisotopic (exact) mass is 1110 g/mol. The predicted octanol–water partition coefficient (Wildman–Crippen LogP) is 8.42. The first-order valence-electron chi connectivity index (χ1n) is 28.1. The highest BCUT2D eigenvalue weighted by molar-refractivity contribution is 6.05. The number of aliphatic hydroxyl groups excluding tert-OH is 2. The minimum Gasteiger partial charge on any atom is -0.486 e. The van der Waals surface area contributed by atoms with Crippen LogP contribution in [-0.2, 0) is 20.9 Å². The molecule has 4 saturated heterocycles. The number of nitrogen functional groups attached to an aromatic ring is 1. The largest absolute Gasteiger partial charge is 0.486 e. The quantitative estimate of drug-likeness (QED) is 0.0317. The van der Waals surface area contributed by atoms with Crippen LogP contribution in [0.25, 0.3) is 44.4 Å². The van der Waals surface area contributed by atoms with Crippen LogP contribution < -0.4 is 26.0 Å². The first-order valence-corrected chi connectivity index (χ1v) is 28.1. The highest BCUT2D eigenvalue weighted by atomic mass is 19.2. The number of hydrogen-bond acceptors (Lipinski definition) is 13. The summed E-state index contributed by atoms with van der Waals surface area (Å²) < 4.78 is 58.9. The van der Waals surface area contributed by atoms with E-state index in [0.29, 0.717) is 108 Å². The summed E-state index contributed by atoms with van der Waals surface area (Å²) in [4.78, 5) is 33.2. The van der Waals surface area contributed by atoms with Crippen LogP contribution >= 0.6 is 0 Å². The third-order valence-electron chi connectivity index (χ3n) is 17.3. The Hall–Kier alpha value is -7.65. The van der Waals surface area contributed by atoms with Crippen LogP contribution in [0.4, 0.5) is 24.7 Å². The number of likely N-dealkylation sites (tertiary alicyclic amines) is 1. The number of anilines is 2. The molecule has 0 radical (unpaired) electrons. The molecule has 2 bridgehead atoms. The van der Waals surface area contributed by atoms with Gasteiger partial charge >= 0.3 is 0 Å². The molecule has 422 valence electrons. The van der Waals surface area contributed by atoms with E-state index >= 15 is 9.18 Å². The lowest BCUT2D eigenvalue weighted by Gasteiger charge is -2.34. The molecule has 81 heavy (non-hydrogen) atoms. The van der Waals surface area contributed by atoms with Gasteiger partial charge in [0, 0.05) is 83.4 Å². The van der Waals surface area contributed by atoms with E-state index in [1.165, 1.54) is 24.4 Å². The number of hydrogen-bond donors (Lipinski definition) is 7. The van der Waals surface area contributed by atoms with Gasteiger partial charge in [0.25, 0.3) is 0 Å². The number of halogens is 3. The molecule has 8 N–H and O–H groups in total.